The van der Waals surface area contributed by atoms with E-state index in [1.165, 1.54) is 12.1 Å². The summed E-state index contributed by atoms with van der Waals surface area (Å²) < 4.78 is 150. The summed E-state index contributed by atoms with van der Waals surface area (Å²) in [5.74, 6) is 0.430. The van der Waals surface area contributed by atoms with Gasteiger partial charge >= 0.3 is 35.5 Å². The SMILES string of the molecule is C=C.C=C.COCCOCCOCCOCCOCCOCCOCCOCCOCCOOCC[N+]1=C(C=CC2=C(Oc3ccccc3)C(=CC=C3N(CCCCCC(=O)O)c4ccc(SOO[O-])cc4C3(C)CCOOCCOCCOCCOCCOCCOCCOCCOCCOCCOC)CCC2)C(C)(C)c2cc(S(=O)(=O)[O-])ccc21.[Na+]. The fourth-order valence-corrected chi connectivity index (χ4v) is 13.5. The topological polar surface area (TPSA) is 355 Å². The average Bonchev–Trinajstić information content (AvgIpc) is 1.59. The Morgan fingerprint density at radius 2 is 0.943 bits per heavy atom. The maximum atomic E-state index is 12.5. The van der Waals surface area contributed by atoms with Crippen molar-refractivity contribution in [2.75, 3.05) is 283 Å². The Labute approximate surface area is 754 Å². The molecule has 3 aromatic rings. The third-order valence-electron chi connectivity index (χ3n) is 18.6. The van der Waals surface area contributed by atoms with Gasteiger partial charge in [0.05, 0.1) is 254 Å². The van der Waals surface area contributed by atoms with Gasteiger partial charge in [0.2, 0.25) is 5.69 Å². The van der Waals surface area contributed by atoms with Crippen LogP contribution >= 0.6 is 12.0 Å². The number of anilines is 1. The second-order valence-corrected chi connectivity index (χ2v) is 29.6. The van der Waals surface area contributed by atoms with Crippen molar-refractivity contribution in [3.63, 3.8) is 0 Å². The standard InChI is InChI=1S/C83H128N2O31S2.2C2H4.Na/c1-82(2)74-68-73(118(89,90)91)21-23-76(74)85(28-30-111-113-66-64-109-62-60-107-58-56-105-54-52-103-50-48-101-46-44-99-42-40-97-38-36-95-34-32-93-5)78(82)24-18-69-13-12-14-70(81(69)114-71-15-8-6-9-16-71)19-25-79-83(3,75-67-72(117-116-115-88)20-22-77(75)84(79)27-11-7-10-17-80(86)87)26-29-110-112-65-63-108-61-59-106-57-55-104-53-51-102-49-47-100-45-43-98-41-39-96-37-35-94-33-31-92-4;2*1-2;/h6,8-9,15-16,18-25,67-68H,7,10-14,17,26-66H2,1-5H3,(H2-,86,87,88,89,90,91);2*1-2H2;/q;;;+1/p-1. The number of hydrogen-bond acceptors (Lipinski definition) is 32. The van der Waals surface area contributed by atoms with Crippen LogP contribution < -0.4 is 44.5 Å². The molecular formula is C87H135N2NaO31S2. The number of nitrogens with zero attached hydrogens (tertiary/aromatic N) is 2. The molecular weight excluding hydrogens is 1660 g/mol. The van der Waals surface area contributed by atoms with Gasteiger partial charge in [-0.25, -0.2) is 28.0 Å². The minimum absolute atomic E-state index is 0. The van der Waals surface area contributed by atoms with Crippen molar-refractivity contribution in [2.24, 2.45) is 0 Å². The van der Waals surface area contributed by atoms with Gasteiger partial charge in [-0.3, -0.25) is 9.83 Å². The van der Waals surface area contributed by atoms with E-state index in [1.54, 1.807) is 20.3 Å². The molecule has 0 bridgehead atoms. The second kappa shape index (κ2) is 72.9. The van der Waals surface area contributed by atoms with Crippen LogP contribution in [0.15, 0.2) is 150 Å². The summed E-state index contributed by atoms with van der Waals surface area (Å²) in [6, 6.07) is 19.8. The van der Waals surface area contributed by atoms with Crippen molar-refractivity contribution in [3.8, 4) is 5.75 Å². The van der Waals surface area contributed by atoms with Gasteiger partial charge in [-0.05, 0) is 131 Å². The third kappa shape index (κ3) is 47.8. The number of methoxy groups -OCH3 is 2. The molecule has 6 rings (SSSR count). The number of unbranched alkanes of at least 4 members (excludes halogenated alkanes) is 2. The molecule has 0 aromatic heterocycles. The van der Waals surface area contributed by atoms with Crippen LogP contribution in [0.4, 0.5) is 11.4 Å². The van der Waals surface area contributed by atoms with E-state index < -0.39 is 26.9 Å². The molecule has 1 atom stereocenters. The van der Waals surface area contributed by atoms with Gasteiger partial charge in [-0.1, -0.05) is 30.7 Å². The molecule has 3 aromatic carbocycles. The quantitative estimate of drug-likeness (QED) is 0.00872. The smallest absolute Gasteiger partial charge is 0.744 e. The first-order valence-corrected chi connectivity index (χ1v) is 43.7. The number of benzene rings is 3. The summed E-state index contributed by atoms with van der Waals surface area (Å²) in [7, 11) is -1.53. The van der Waals surface area contributed by atoms with Crippen LogP contribution in [-0.2, 0) is 140 Å². The van der Waals surface area contributed by atoms with E-state index in [2.05, 4.69) is 55.3 Å². The van der Waals surface area contributed by atoms with Crippen LogP contribution in [0.25, 0.3) is 0 Å². The Balaban J connectivity index is 0.00000769. The molecule has 3 aliphatic rings. The van der Waals surface area contributed by atoms with Crippen LogP contribution in [-0.4, -0.2) is 313 Å². The maximum Gasteiger partial charge on any atom is 1.00 e. The van der Waals surface area contributed by atoms with Gasteiger partial charge in [0.1, 0.15) is 41.4 Å². The van der Waals surface area contributed by atoms with Crippen molar-refractivity contribution in [3.05, 3.63) is 151 Å². The molecule has 36 heteroatoms. The van der Waals surface area contributed by atoms with Crippen molar-refractivity contribution in [1.29, 1.82) is 0 Å². The summed E-state index contributed by atoms with van der Waals surface area (Å²) >= 11 is 0.794. The van der Waals surface area contributed by atoms with E-state index in [1.807, 2.05) is 79.1 Å². The number of carboxylic acid groups (broad SMARTS) is 1. The van der Waals surface area contributed by atoms with E-state index >= 15 is 0 Å². The number of para-hydroxylation sites is 1. The van der Waals surface area contributed by atoms with Crippen LogP contribution in [0.3, 0.4) is 0 Å². The largest absolute Gasteiger partial charge is 1.00 e. The molecule has 692 valence electrons. The summed E-state index contributed by atoms with van der Waals surface area (Å²) in [5.41, 5.74) is 5.23. The van der Waals surface area contributed by atoms with Crippen molar-refractivity contribution in [2.45, 2.75) is 92.8 Å². The zero-order chi connectivity index (χ0) is 88.1. The monoisotopic (exact) mass is 1790 g/mol. The first kappa shape index (κ1) is 112. The predicted molar refractivity (Wildman–Crippen MR) is 454 cm³/mol. The number of allylic oxidation sites excluding steroid dienone is 7. The Morgan fingerprint density at radius 1 is 0.512 bits per heavy atom. The molecule has 0 spiro atoms. The minimum Gasteiger partial charge on any atom is -0.744 e. The zero-order valence-electron chi connectivity index (χ0n) is 73.3. The molecule has 2 heterocycles. The zero-order valence-corrected chi connectivity index (χ0v) is 77.0. The Kier molecular flexibility index (Phi) is 66.6. The summed E-state index contributed by atoms with van der Waals surface area (Å²) in [6.45, 7) is 34.6. The normalized spacial score (nSPS) is 15.6. The van der Waals surface area contributed by atoms with Crippen LogP contribution in [0.5, 0.6) is 5.75 Å². The number of carboxylic acids is 1. The fraction of sp³-hybridized carbons (Fsp3) is 0.632. The van der Waals surface area contributed by atoms with Crippen molar-refractivity contribution >= 4 is 45.2 Å². The number of aliphatic carboxylic acids is 1. The van der Waals surface area contributed by atoms with Gasteiger partial charge in [-0.15, -0.1) is 26.3 Å². The molecule has 0 radical (unpaired) electrons. The Morgan fingerprint density at radius 3 is 1.37 bits per heavy atom. The summed E-state index contributed by atoms with van der Waals surface area (Å²) in [5, 5.41) is 24.4. The van der Waals surface area contributed by atoms with Gasteiger partial charge in [-0.2, -0.15) is 8.91 Å². The van der Waals surface area contributed by atoms with Crippen LogP contribution in [0.2, 0.25) is 0 Å². The molecule has 1 N–H and O–H groups in total. The molecule has 0 fully saturated rings. The Hall–Kier alpha value is -4.90. The van der Waals surface area contributed by atoms with Crippen molar-refractivity contribution < 1.29 is 181 Å². The molecule has 0 saturated heterocycles. The molecule has 1 unspecified atom stereocenters. The molecule has 2 aliphatic heterocycles. The molecule has 1 aliphatic carbocycles. The summed E-state index contributed by atoms with van der Waals surface area (Å²) in [6.07, 6.45) is 12.7. The van der Waals surface area contributed by atoms with E-state index in [0.717, 1.165) is 52.3 Å². The van der Waals surface area contributed by atoms with E-state index in [9.17, 15) is 28.1 Å². The second-order valence-electron chi connectivity index (χ2n) is 27.4. The van der Waals surface area contributed by atoms with Crippen LogP contribution in [0, 0.1) is 0 Å². The van der Waals surface area contributed by atoms with E-state index in [4.69, 9.17) is 114 Å². The number of hydrogen-bond donors (Lipinski definition) is 1. The van der Waals surface area contributed by atoms with E-state index in [-0.39, 0.29) is 80.5 Å². The average molecular weight is 1790 g/mol. The first-order valence-electron chi connectivity index (χ1n) is 41.5. The predicted octanol–water partition coefficient (Wildman–Crippen LogP) is 6.96. The minimum atomic E-state index is -4.80. The number of ether oxygens (including phenoxy) is 19. The van der Waals surface area contributed by atoms with Crippen LogP contribution in [0.1, 0.15) is 83.3 Å². The Bertz CT molecular complexity index is 3490. The third-order valence-corrected chi connectivity index (χ3v) is 20.0. The van der Waals surface area contributed by atoms with Gasteiger partial charge < -0.3 is 110 Å². The molecule has 33 nitrogen and oxygen atoms in total. The fourth-order valence-electron chi connectivity index (χ4n) is 12.6. The molecule has 0 saturated carbocycles. The van der Waals surface area contributed by atoms with Gasteiger partial charge in [0.15, 0.2) is 12.3 Å². The first-order chi connectivity index (χ1) is 59.7. The molecule has 0 amide bonds. The summed E-state index contributed by atoms with van der Waals surface area (Å²) in [4.78, 5) is 37.0. The molecule has 123 heavy (non-hydrogen) atoms. The maximum absolute atomic E-state index is 12.5. The van der Waals surface area contributed by atoms with E-state index in [0.29, 0.717) is 291 Å². The number of fused-ring (bicyclic) bond motifs is 2. The van der Waals surface area contributed by atoms with Gasteiger partial charge in [0, 0.05) is 66.6 Å². The number of carbonyl (C=O) groups is 1. The van der Waals surface area contributed by atoms with Crippen molar-refractivity contribution in [1.82, 2.24) is 0 Å². The number of rotatable bonds is 77. The van der Waals surface area contributed by atoms with Gasteiger partial charge in [0.25, 0.3) is 0 Å².